The van der Waals surface area contributed by atoms with Gasteiger partial charge < -0.3 is 10.5 Å². The number of esters is 1. The third kappa shape index (κ3) is 2.58. The Labute approximate surface area is 94.4 Å². The summed E-state index contributed by atoms with van der Waals surface area (Å²) in [6, 6.07) is 2.73. The van der Waals surface area contributed by atoms with Gasteiger partial charge in [0.2, 0.25) is 0 Å². The van der Waals surface area contributed by atoms with Gasteiger partial charge in [-0.1, -0.05) is 12.1 Å². The minimum absolute atomic E-state index is 0.241. The van der Waals surface area contributed by atoms with Crippen molar-refractivity contribution in [2.45, 2.75) is 26.3 Å². The first kappa shape index (κ1) is 12.6. The number of hydrogen-bond acceptors (Lipinski definition) is 3. The molecule has 0 amide bonds. The average Bonchev–Trinajstić information content (AvgIpc) is 2.28. The van der Waals surface area contributed by atoms with E-state index in [4.69, 9.17) is 5.73 Å². The molecule has 3 nitrogen and oxygen atoms in total. The monoisotopic (exact) mass is 225 g/mol. The van der Waals surface area contributed by atoms with Crippen molar-refractivity contribution in [2.24, 2.45) is 5.73 Å². The van der Waals surface area contributed by atoms with Crippen LogP contribution in [0.5, 0.6) is 0 Å². The molecule has 1 unspecified atom stereocenters. The third-order valence-corrected chi connectivity index (χ3v) is 2.64. The molecule has 0 aliphatic rings. The number of nitrogens with two attached hydrogens (primary N) is 1. The standard InChI is InChI=1S/C12H16FNO2/c1-7-4-5-9(8(2)11(7)13)6-10(14)12(15)16-3/h4-5,10H,6,14H2,1-3H3. The minimum Gasteiger partial charge on any atom is -0.468 e. The number of carbonyl (C=O) groups is 1. The van der Waals surface area contributed by atoms with Gasteiger partial charge in [0.05, 0.1) is 7.11 Å². The summed E-state index contributed by atoms with van der Waals surface area (Å²) in [6.45, 7) is 3.38. The summed E-state index contributed by atoms with van der Waals surface area (Å²) < 4.78 is 18.1. The Hall–Kier alpha value is -1.42. The largest absolute Gasteiger partial charge is 0.468 e. The van der Waals surface area contributed by atoms with Crippen LogP contribution in [0.25, 0.3) is 0 Å². The van der Waals surface area contributed by atoms with E-state index in [0.717, 1.165) is 5.56 Å². The summed E-state index contributed by atoms with van der Waals surface area (Å²) in [7, 11) is 1.28. The van der Waals surface area contributed by atoms with E-state index in [1.165, 1.54) is 7.11 Å². The molecular formula is C12H16FNO2. The predicted octanol–water partition coefficient (Wildman–Crippen LogP) is 1.49. The summed E-state index contributed by atoms with van der Waals surface area (Å²) in [4.78, 5) is 11.1. The van der Waals surface area contributed by atoms with Crippen molar-refractivity contribution < 1.29 is 13.9 Å². The van der Waals surface area contributed by atoms with Crippen molar-refractivity contribution in [3.05, 3.63) is 34.6 Å². The third-order valence-electron chi connectivity index (χ3n) is 2.64. The number of methoxy groups -OCH3 is 1. The quantitative estimate of drug-likeness (QED) is 0.793. The molecule has 1 aromatic rings. The van der Waals surface area contributed by atoms with Crippen LogP contribution in [0.15, 0.2) is 12.1 Å². The first-order valence-corrected chi connectivity index (χ1v) is 5.05. The minimum atomic E-state index is -0.745. The maximum Gasteiger partial charge on any atom is 0.322 e. The summed E-state index contributed by atoms with van der Waals surface area (Å²) in [5, 5.41) is 0. The second-order valence-corrected chi connectivity index (χ2v) is 3.81. The first-order chi connectivity index (χ1) is 7.47. The fourth-order valence-electron chi connectivity index (χ4n) is 1.55. The van der Waals surface area contributed by atoms with Gasteiger partial charge in [-0.05, 0) is 37.0 Å². The van der Waals surface area contributed by atoms with Crippen molar-refractivity contribution in [1.29, 1.82) is 0 Å². The molecule has 1 rings (SSSR count). The molecule has 0 spiro atoms. The molecule has 0 fully saturated rings. The Morgan fingerprint density at radius 1 is 1.50 bits per heavy atom. The van der Waals surface area contributed by atoms with Crippen LogP contribution in [0.2, 0.25) is 0 Å². The lowest BCUT2D eigenvalue weighted by Crippen LogP contribution is -2.33. The number of benzene rings is 1. The lowest BCUT2D eigenvalue weighted by Gasteiger charge is -2.12. The fraction of sp³-hybridized carbons (Fsp3) is 0.417. The molecule has 2 N–H and O–H groups in total. The summed E-state index contributed by atoms with van der Waals surface area (Å²) in [5.74, 6) is -0.727. The van der Waals surface area contributed by atoms with Crippen molar-refractivity contribution >= 4 is 5.97 Å². The van der Waals surface area contributed by atoms with E-state index in [0.29, 0.717) is 11.1 Å². The van der Waals surface area contributed by atoms with Gasteiger partial charge in [-0.3, -0.25) is 4.79 Å². The molecule has 0 radical (unpaired) electrons. The number of aryl methyl sites for hydroxylation is 1. The Kier molecular flexibility index (Phi) is 4.01. The zero-order chi connectivity index (χ0) is 12.3. The number of hydrogen-bond donors (Lipinski definition) is 1. The predicted molar refractivity (Wildman–Crippen MR) is 59.6 cm³/mol. The van der Waals surface area contributed by atoms with Crippen LogP contribution >= 0.6 is 0 Å². The van der Waals surface area contributed by atoms with Crippen LogP contribution in [-0.2, 0) is 16.0 Å². The molecule has 88 valence electrons. The normalized spacial score (nSPS) is 12.3. The zero-order valence-corrected chi connectivity index (χ0v) is 9.71. The van der Waals surface area contributed by atoms with Gasteiger partial charge in [-0.2, -0.15) is 0 Å². The second kappa shape index (κ2) is 5.07. The lowest BCUT2D eigenvalue weighted by molar-refractivity contribution is -0.142. The molecule has 1 atom stereocenters. The van der Waals surface area contributed by atoms with Crippen LogP contribution < -0.4 is 5.73 Å². The van der Waals surface area contributed by atoms with Crippen LogP contribution in [0.1, 0.15) is 16.7 Å². The molecule has 4 heteroatoms. The summed E-state index contributed by atoms with van der Waals surface area (Å²) >= 11 is 0. The number of halogens is 1. The van der Waals surface area contributed by atoms with Gasteiger partial charge in [-0.15, -0.1) is 0 Å². The topological polar surface area (TPSA) is 52.3 Å². The molecular weight excluding hydrogens is 209 g/mol. The van der Waals surface area contributed by atoms with E-state index in [9.17, 15) is 9.18 Å². The summed E-state index contributed by atoms with van der Waals surface area (Å²) in [6.07, 6.45) is 0.287. The Morgan fingerprint density at radius 3 is 2.69 bits per heavy atom. The Morgan fingerprint density at radius 2 is 2.12 bits per heavy atom. The van der Waals surface area contributed by atoms with Gasteiger partial charge in [0, 0.05) is 0 Å². The second-order valence-electron chi connectivity index (χ2n) is 3.81. The SMILES string of the molecule is COC(=O)C(N)Cc1ccc(C)c(F)c1C. The average molecular weight is 225 g/mol. The van der Waals surface area contributed by atoms with E-state index in [2.05, 4.69) is 4.74 Å². The van der Waals surface area contributed by atoms with E-state index in [1.54, 1.807) is 26.0 Å². The van der Waals surface area contributed by atoms with E-state index in [-0.39, 0.29) is 12.2 Å². The van der Waals surface area contributed by atoms with Crippen molar-refractivity contribution in [3.8, 4) is 0 Å². The van der Waals surface area contributed by atoms with Crippen LogP contribution in [0.4, 0.5) is 4.39 Å². The first-order valence-electron chi connectivity index (χ1n) is 5.05. The lowest BCUT2D eigenvalue weighted by atomic mass is 9.99. The molecule has 0 aliphatic carbocycles. The van der Waals surface area contributed by atoms with E-state index in [1.807, 2.05) is 0 Å². The molecule has 0 aliphatic heterocycles. The highest BCUT2D eigenvalue weighted by Crippen LogP contribution is 2.17. The van der Waals surface area contributed by atoms with Crippen molar-refractivity contribution in [1.82, 2.24) is 0 Å². The van der Waals surface area contributed by atoms with Crippen LogP contribution in [0.3, 0.4) is 0 Å². The molecule has 0 saturated carbocycles. The Bertz CT molecular complexity index is 404. The highest BCUT2D eigenvalue weighted by Gasteiger charge is 2.16. The maximum absolute atomic E-state index is 13.6. The number of ether oxygens (including phenoxy) is 1. The van der Waals surface area contributed by atoms with Crippen LogP contribution in [-0.4, -0.2) is 19.1 Å². The molecule has 0 aromatic heterocycles. The molecule has 0 bridgehead atoms. The Balaban J connectivity index is 2.90. The van der Waals surface area contributed by atoms with Gasteiger partial charge in [0.25, 0.3) is 0 Å². The van der Waals surface area contributed by atoms with Crippen LogP contribution in [0, 0.1) is 19.7 Å². The zero-order valence-electron chi connectivity index (χ0n) is 9.71. The maximum atomic E-state index is 13.6. The molecule has 0 heterocycles. The number of rotatable bonds is 3. The number of carbonyl (C=O) groups excluding carboxylic acids is 1. The fourth-order valence-corrected chi connectivity index (χ4v) is 1.55. The molecule has 0 saturated heterocycles. The summed E-state index contributed by atoms with van der Waals surface area (Å²) in [5.41, 5.74) is 7.49. The smallest absolute Gasteiger partial charge is 0.322 e. The van der Waals surface area contributed by atoms with E-state index < -0.39 is 12.0 Å². The van der Waals surface area contributed by atoms with Gasteiger partial charge >= 0.3 is 5.97 Å². The van der Waals surface area contributed by atoms with Crippen molar-refractivity contribution in [2.75, 3.05) is 7.11 Å². The molecule has 16 heavy (non-hydrogen) atoms. The van der Waals surface area contributed by atoms with E-state index >= 15 is 0 Å². The highest BCUT2D eigenvalue weighted by molar-refractivity contribution is 5.75. The van der Waals surface area contributed by atoms with Gasteiger partial charge in [0.15, 0.2) is 0 Å². The van der Waals surface area contributed by atoms with Gasteiger partial charge in [-0.25, -0.2) is 4.39 Å². The molecule has 1 aromatic carbocycles. The highest BCUT2D eigenvalue weighted by atomic mass is 19.1. The van der Waals surface area contributed by atoms with Crippen molar-refractivity contribution in [3.63, 3.8) is 0 Å². The van der Waals surface area contributed by atoms with Gasteiger partial charge in [0.1, 0.15) is 11.9 Å².